The Morgan fingerprint density at radius 2 is 2.05 bits per heavy atom. The van der Waals surface area contributed by atoms with Crippen molar-refractivity contribution in [2.45, 2.75) is 31.8 Å². The highest BCUT2D eigenvalue weighted by Crippen LogP contribution is 2.24. The van der Waals surface area contributed by atoms with Gasteiger partial charge >= 0.3 is 0 Å². The summed E-state index contributed by atoms with van der Waals surface area (Å²) in [6, 6.07) is 7.28. The van der Waals surface area contributed by atoms with Crippen LogP contribution in [0.15, 0.2) is 28.8 Å². The lowest BCUT2D eigenvalue weighted by atomic mass is 10.2. The van der Waals surface area contributed by atoms with E-state index in [9.17, 15) is 4.79 Å². The number of hydrogen-bond donors (Lipinski definition) is 1. The molecule has 1 aromatic heterocycles. The lowest BCUT2D eigenvalue weighted by Crippen LogP contribution is -2.22. The van der Waals surface area contributed by atoms with E-state index in [-0.39, 0.29) is 11.2 Å². The number of carbonyl (C=O) groups excluding carboxylic acids is 1. The van der Waals surface area contributed by atoms with E-state index in [4.69, 9.17) is 9.26 Å². The molecule has 0 spiro atoms. The molecule has 6 heteroatoms. The molecule has 1 unspecified atom stereocenters. The number of hydrogen-bond acceptors (Lipinski definition) is 5. The summed E-state index contributed by atoms with van der Waals surface area (Å²) < 4.78 is 10.2. The van der Waals surface area contributed by atoms with E-state index in [1.54, 1.807) is 18.9 Å². The van der Waals surface area contributed by atoms with Gasteiger partial charge in [0, 0.05) is 17.0 Å². The van der Waals surface area contributed by atoms with Gasteiger partial charge in [-0.3, -0.25) is 4.79 Å². The van der Waals surface area contributed by atoms with Crippen LogP contribution in [0, 0.1) is 13.8 Å². The number of thioether (sulfide) groups is 1. The normalized spacial score (nSPS) is 12.0. The molecule has 22 heavy (non-hydrogen) atoms. The maximum atomic E-state index is 12.2. The first-order valence-corrected chi connectivity index (χ1v) is 8.04. The van der Waals surface area contributed by atoms with E-state index in [1.165, 1.54) is 0 Å². The maximum absolute atomic E-state index is 12.2. The average molecular weight is 320 g/mol. The van der Waals surface area contributed by atoms with Crippen LogP contribution in [-0.2, 0) is 10.5 Å². The largest absolute Gasteiger partial charge is 0.497 e. The molecule has 1 amide bonds. The van der Waals surface area contributed by atoms with Gasteiger partial charge in [-0.15, -0.1) is 11.8 Å². The third-order valence-electron chi connectivity index (χ3n) is 3.39. The zero-order chi connectivity index (χ0) is 16.1. The van der Waals surface area contributed by atoms with Gasteiger partial charge in [-0.2, -0.15) is 0 Å². The Labute approximate surface area is 134 Å². The van der Waals surface area contributed by atoms with E-state index < -0.39 is 0 Å². The van der Waals surface area contributed by atoms with Crippen molar-refractivity contribution in [2.24, 2.45) is 0 Å². The highest BCUT2D eigenvalue weighted by molar-refractivity contribution is 7.99. The number of benzene rings is 1. The number of ether oxygens (including phenoxy) is 1. The van der Waals surface area contributed by atoms with Gasteiger partial charge in [0.1, 0.15) is 11.5 Å². The summed E-state index contributed by atoms with van der Waals surface area (Å²) in [5, 5.41) is 6.65. The Bertz CT molecular complexity index is 618. The van der Waals surface area contributed by atoms with Crippen molar-refractivity contribution in [3.05, 3.63) is 41.3 Å². The number of aryl methyl sites for hydroxylation is 2. The van der Waals surface area contributed by atoms with Crippen LogP contribution < -0.4 is 10.1 Å². The fourth-order valence-corrected chi connectivity index (χ4v) is 2.95. The quantitative estimate of drug-likeness (QED) is 0.881. The Morgan fingerprint density at radius 3 is 2.59 bits per heavy atom. The van der Waals surface area contributed by atoms with Crippen LogP contribution in [0.2, 0.25) is 0 Å². The summed E-state index contributed by atoms with van der Waals surface area (Å²) in [7, 11) is 1.61. The Kier molecular flexibility index (Phi) is 5.49. The summed E-state index contributed by atoms with van der Waals surface area (Å²) in [5.74, 6) is 2.26. The molecule has 0 radical (unpaired) electrons. The van der Waals surface area contributed by atoms with E-state index >= 15 is 0 Å². The first kappa shape index (κ1) is 16.4. The molecule has 0 saturated carbocycles. The van der Waals surface area contributed by atoms with Gasteiger partial charge in [0.25, 0.3) is 0 Å². The summed E-state index contributed by atoms with van der Waals surface area (Å²) >= 11 is 1.56. The van der Waals surface area contributed by atoms with Crippen LogP contribution in [0.3, 0.4) is 0 Å². The molecule has 5 nitrogen and oxygen atoms in total. The van der Waals surface area contributed by atoms with Crippen LogP contribution in [0.1, 0.15) is 23.9 Å². The predicted octanol–water partition coefficient (Wildman–Crippen LogP) is 3.56. The highest BCUT2D eigenvalue weighted by Gasteiger charge is 2.16. The van der Waals surface area contributed by atoms with Crippen molar-refractivity contribution < 1.29 is 14.1 Å². The van der Waals surface area contributed by atoms with Gasteiger partial charge in [0.15, 0.2) is 0 Å². The summed E-state index contributed by atoms with van der Waals surface area (Å²) in [6.07, 6.45) is 0. The topological polar surface area (TPSA) is 64.4 Å². The zero-order valence-electron chi connectivity index (χ0n) is 13.2. The number of rotatable bonds is 6. The minimum Gasteiger partial charge on any atom is -0.497 e. The molecule has 0 aliphatic carbocycles. The van der Waals surface area contributed by atoms with Gasteiger partial charge in [-0.05, 0) is 45.0 Å². The Balaban J connectivity index is 1.89. The number of aromatic nitrogens is 1. The molecule has 118 valence electrons. The second-order valence-electron chi connectivity index (χ2n) is 4.97. The molecule has 0 saturated heterocycles. The maximum Gasteiger partial charge on any atom is 0.237 e. The lowest BCUT2D eigenvalue weighted by Gasteiger charge is -2.12. The molecule has 0 fully saturated rings. The molecule has 1 aromatic carbocycles. The summed E-state index contributed by atoms with van der Waals surface area (Å²) in [5.41, 5.74) is 2.71. The molecular formula is C16H20N2O3S. The summed E-state index contributed by atoms with van der Waals surface area (Å²) in [4.78, 5) is 12.2. The SMILES string of the molecule is COc1ccc(NC(=O)C(C)SCc2c(C)noc2C)cc1. The predicted molar refractivity (Wildman–Crippen MR) is 88.4 cm³/mol. The average Bonchev–Trinajstić information content (AvgIpc) is 2.84. The smallest absolute Gasteiger partial charge is 0.237 e. The third-order valence-corrected chi connectivity index (χ3v) is 4.56. The van der Waals surface area contributed by atoms with Gasteiger partial charge in [-0.25, -0.2) is 0 Å². The molecule has 1 heterocycles. The first-order chi connectivity index (χ1) is 10.5. The van der Waals surface area contributed by atoms with Crippen LogP contribution in [-0.4, -0.2) is 23.4 Å². The fourth-order valence-electron chi connectivity index (χ4n) is 1.91. The Hall–Kier alpha value is -1.95. The number of nitrogens with one attached hydrogen (secondary N) is 1. The summed E-state index contributed by atoms with van der Waals surface area (Å²) in [6.45, 7) is 5.69. The number of amides is 1. The molecule has 0 aliphatic heterocycles. The van der Waals surface area contributed by atoms with Gasteiger partial charge in [0.05, 0.1) is 18.1 Å². The van der Waals surface area contributed by atoms with Crippen molar-refractivity contribution in [2.75, 3.05) is 12.4 Å². The lowest BCUT2D eigenvalue weighted by molar-refractivity contribution is -0.115. The molecule has 1 atom stereocenters. The second kappa shape index (κ2) is 7.35. The van der Waals surface area contributed by atoms with Crippen molar-refractivity contribution in [3.8, 4) is 5.75 Å². The van der Waals surface area contributed by atoms with E-state index in [2.05, 4.69) is 10.5 Å². The molecule has 1 N–H and O–H groups in total. The van der Waals surface area contributed by atoms with Crippen LogP contribution in [0.4, 0.5) is 5.69 Å². The van der Waals surface area contributed by atoms with Gasteiger partial charge < -0.3 is 14.6 Å². The van der Waals surface area contributed by atoms with E-state index in [0.29, 0.717) is 5.75 Å². The molecule has 0 bridgehead atoms. The van der Waals surface area contributed by atoms with Crippen molar-refractivity contribution >= 4 is 23.4 Å². The first-order valence-electron chi connectivity index (χ1n) is 6.99. The third kappa shape index (κ3) is 4.04. The molecular weight excluding hydrogens is 300 g/mol. The number of nitrogens with zero attached hydrogens (tertiary/aromatic N) is 1. The number of anilines is 1. The molecule has 0 aliphatic rings. The van der Waals surface area contributed by atoms with Crippen LogP contribution in [0.5, 0.6) is 5.75 Å². The fraction of sp³-hybridized carbons (Fsp3) is 0.375. The van der Waals surface area contributed by atoms with E-state index in [1.807, 2.05) is 45.0 Å². The van der Waals surface area contributed by atoms with Crippen LogP contribution >= 0.6 is 11.8 Å². The second-order valence-corrected chi connectivity index (χ2v) is 6.30. The van der Waals surface area contributed by atoms with Crippen molar-refractivity contribution in [3.63, 3.8) is 0 Å². The van der Waals surface area contributed by atoms with Crippen molar-refractivity contribution in [1.29, 1.82) is 0 Å². The molecule has 2 aromatic rings. The van der Waals surface area contributed by atoms with Gasteiger partial charge in [0.2, 0.25) is 5.91 Å². The Morgan fingerprint density at radius 1 is 1.36 bits per heavy atom. The monoisotopic (exact) mass is 320 g/mol. The van der Waals surface area contributed by atoms with Crippen LogP contribution in [0.25, 0.3) is 0 Å². The molecule has 2 rings (SSSR count). The highest BCUT2D eigenvalue weighted by atomic mass is 32.2. The van der Waals surface area contributed by atoms with Crippen molar-refractivity contribution in [1.82, 2.24) is 5.16 Å². The number of methoxy groups -OCH3 is 1. The number of carbonyl (C=O) groups is 1. The minimum absolute atomic E-state index is 0.0260. The minimum atomic E-state index is -0.171. The van der Waals surface area contributed by atoms with E-state index in [0.717, 1.165) is 28.5 Å². The standard InChI is InChI=1S/C16H20N2O3S/c1-10-15(11(2)21-18-10)9-22-12(3)16(19)17-13-5-7-14(20-4)8-6-13/h5-8,12H,9H2,1-4H3,(H,17,19). The van der Waals surface area contributed by atoms with Gasteiger partial charge in [-0.1, -0.05) is 5.16 Å². The zero-order valence-corrected chi connectivity index (χ0v) is 14.0.